The first kappa shape index (κ1) is 17.3. The predicted molar refractivity (Wildman–Crippen MR) is 77.7 cm³/mol. The Morgan fingerprint density at radius 3 is 2.15 bits per heavy atom. The molecule has 0 radical (unpaired) electrons. The molecular weight excluding hydrogens is 280 g/mol. The number of ether oxygens (including phenoxy) is 4. The molecule has 0 amide bonds. The predicted octanol–water partition coefficient (Wildman–Crippen LogP) is 1.94. The Kier molecular flexibility index (Phi) is 9.44. The van der Waals surface area contributed by atoms with Crippen LogP contribution in [0.3, 0.4) is 0 Å². The first-order valence-corrected chi connectivity index (χ1v) is 7.37. The van der Waals surface area contributed by atoms with Crippen molar-refractivity contribution in [1.82, 2.24) is 0 Å². The number of ketones is 1. The van der Waals surface area contributed by atoms with Crippen LogP contribution in [-0.2, 0) is 18.9 Å². The van der Waals surface area contributed by atoms with Crippen molar-refractivity contribution in [3.63, 3.8) is 0 Å². The third-order valence-electron chi connectivity index (χ3n) is 2.42. The van der Waals surface area contributed by atoms with E-state index in [0.29, 0.717) is 39.6 Å². The van der Waals surface area contributed by atoms with Crippen LogP contribution in [0.15, 0.2) is 12.1 Å². The van der Waals surface area contributed by atoms with Crippen LogP contribution in [0.5, 0.6) is 0 Å². The van der Waals surface area contributed by atoms with Gasteiger partial charge in [-0.3, -0.25) is 4.79 Å². The van der Waals surface area contributed by atoms with Crippen LogP contribution in [0.4, 0.5) is 0 Å². The molecular formula is C14H22O5S. The molecule has 0 bridgehead atoms. The van der Waals surface area contributed by atoms with Crippen LogP contribution in [0.2, 0.25) is 0 Å². The standard InChI is InChI=1S/C14H22O5S/c1-12-3-4-14(20-12)13(15)11-19-10-9-18-8-7-17-6-5-16-2/h3-4H,5-11H2,1-2H3. The molecule has 114 valence electrons. The number of Topliss-reactive ketones (excluding diaryl/α,β-unsaturated/α-hetero) is 1. The first-order valence-electron chi connectivity index (χ1n) is 6.56. The third-order valence-corrected chi connectivity index (χ3v) is 3.47. The van der Waals surface area contributed by atoms with E-state index in [9.17, 15) is 4.79 Å². The van der Waals surface area contributed by atoms with E-state index in [1.807, 2.05) is 19.1 Å². The van der Waals surface area contributed by atoms with E-state index in [0.717, 1.165) is 9.75 Å². The Morgan fingerprint density at radius 1 is 1.00 bits per heavy atom. The molecule has 0 saturated heterocycles. The van der Waals surface area contributed by atoms with Crippen molar-refractivity contribution in [3.8, 4) is 0 Å². The molecule has 0 spiro atoms. The molecule has 0 aromatic carbocycles. The monoisotopic (exact) mass is 302 g/mol. The highest BCUT2D eigenvalue weighted by Gasteiger charge is 2.07. The second kappa shape index (κ2) is 10.9. The SMILES string of the molecule is COCCOCCOCCOCC(=O)c1ccc(C)s1. The largest absolute Gasteiger partial charge is 0.382 e. The Hall–Kier alpha value is -0.790. The number of carbonyl (C=O) groups is 1. The van der Waals surface area contributed by atoms with Gasteiger partial charge in [-0.15, -0.1) is 11.3 Å². The summed E-state index contributed by atoms with van der Waals surface area (Å²) in [6.07, 6.45) is 0. The highest BCUT2D eigenvalue weighted by Crippen LogP contribution is 2.15. The molecule has 0 aliphatic carbocycles. The van der Waals surface area contributed by atoms with Gasteiger partial charge in [0.05, 0.1) is 44.5 Å². The summed E-state index contributed by atoms with van der Waals surface area (Å²) in [6.45, 7) is 5.18. The maximum atomic E-state index is 11.7. The minimum atomic E-state index is 0.0194. The van der Waals surface area contributed by atoms with Gasteiger partial charge in [0.2, 0.25) is 0 Å². The fourth-order valence-electron chi connectivity index (χ4n) is 1.40. The van der Waals surface area contributed by atoms with Crippen LogP contribution < -0.4 is 0 Å². The molecule has 5 nitrogen and oxygen atoms in total. The highest BCUT2D eigenvalue weighted by atomic mass is 32.1. The Morgan fingerprint density at radius 2 is 1.60 bits per heavy atom. The van der Waals surface area contributed by atoms with E-state index in [1.165, 1.54) is 11.3 Å². The van der Waals surface area contributed by atoms with E-state index in [4.69, 9.17) is 18.9 Å². The first-order chi connectivity index (χ1) is 9.74. The van der Waals surface area contributed by atoms with Crippen LogP contribution in [-0.4, -0.2) is 59.1 Å². The lowest BCUT2D eigenvalue weighted by atomic mass is 10.3. The molecule has 1 aromatic rings. The maximum absolute atomic E-state index is 11.7. The van der Waals surface area contributed by atoms with Gasteiger partial charge in [0.15, 0.2) is 5.78 Å². The van der Waals surface area contributed by atoms with Gasteiger partial charge in [-0.1, -0.05) is 0 Å². The van der Waals surface area contributed by atoms with Gasteiger partial charge in [0.25, 0.3) is 0 Å². The number of carbonyl (C=O) groups excluding carboxylic acids is 1. The second-order valence-corrected chi connectivity index (χ2v) is 5.39. The molecule has 20 heavy (non-hydrogen) atoms. The summed E-state index contributed by atoms with van der Waals surface area (Å²) in [5.41, 5.74) is 0. The van der Waals surface area contributed by atoms with Crippen molar-refractivity contribution >= 4 is 17.1 Å². The normalized spacial score (nSPS) is 10.9. The molecule has 0 N–H and O–H groups in total. The zero-order valence-electron chi connectivity index (χ0n) is 12.1. The van der Waals surface area contributed by atoms with E-state index in [1.54, 1.807) is 7.11 Å². The van der Waals surface area contributed by atoms with Gasteiger partial charge in [-0.2, -0.15) is 0 Å². The van der Waals surface area contributed by atoms with E-state index < -0.39 is 0 Å². The Balaban J connectivity index is 1.91. The minimum Gasteiger partial charge on any atom is -0.382 e. The Labute approximate surface area is 123 Å². The number of thiophene rings is 1. The van der Waals surface area contributed by atoms with E-state index >= 15 is 0 Å². The topological polar surface area (TPSA) is 54.0 Å². The second-order valence-electron chi connectivity index (χ2n) is 4.10. The lowest BCUT2D eigenvalue weighted by molar-refractivity contribution is 0.00496. The van der Waals surface area contributed by atoms with Crippen LogP contribution >= 0.6 is 11.3 Å². The third kappa shape index (κ3) is 7.72. The van der Waals surface area contributed by atoms with Crippen molar-refractivity contribution < 1.29 is 23.7 Å². The summed E-state index contributed by atoms with van der Waals surface area (Å²) in [4.78, 5) is 13.6. The van der Waals surface area contributed by atoms with Crippen LogP contribution in [0.25, 0.3) is 0 Å². The van der Waals surface area contributed by atoms with Gasteiger partial charge < -0.3 is 18.9 Å². The van der Waals surface area contributed by atoms with Gasteiger partial charge >= 0.3 is 0 Å². The fourth-order valence-corrected chi connectivity index (χ4v) is 2.19. The number of rotatable bonds is 12. The molecule has 1 heterocycles. The van der Waals surface area contributed by atoms with Crippen molar-refractivity contribution in [2.45, 2.75) is 6.92 Å². The fraction of sp³-hybridized carbons (Fsp3) is 0.643. The van der Waals surface area contributed by atoms with Gasteiger partial charge in [-0.25, -0.2) is 0 Å². The molecule has 0 fully saturated rings. The number of aryl methyl sites for hydroxylation is 1. The molecule has 0 aliphatic rings. The summed E-state index contributed by atoms with van der Waals surface area (Å²) < 4.78 is 20.7. The van der Waals surface area contributed by atoms with Crippen LogP contribution in [0.1, 0.15) is 14.5 Å². The molecule has 6 heteroatoms. The van der Waals surface area contributed by atoms with Crippen molar-refractivity contribution in [1.29, 1.82) is 0 Å². The minimum absolute atomic E-state index is 0.0194. The number of hydrogen-bond donors (Lipinski definition) is 0. The highest BCUT2D eigenvalue weighted by molar-refractivity contribution is 7.14. The molecule has 0 saturated carbocycles. The summed E-state index contributed by atoms with van der Waals surface area (Å²) >= 11 is 1.49. The lowest BCUT2D eigenvalue weighted by Crippen LogP contribution is -2.14. The molecule has 0 atom stereocenters. The van der Waals surface area contributed by atoms with E-state index in [2.05, 4.69) is 0 Å². The summed E-state index contributed by atoms with van der Waals surface area (Å²) in [6, 6.07) is 3.77. The zero-order valence-corrected chi connectivity index (χ0v) is 12.9. The summed E-state index contributed by atoms with van der Waals surface area (Å²) in [7, 11) is 1.63. The number of hydrogen-bond acceptors (Lipinski definition) is 6. The Bertz CT molecular complexity index is 377. The number of methoxy groups -OCH3 is 1. The van der Waals surface area contributed by atoms with Gasteiger partial charge in [-0.05, 0) is 19.1 Å². The van der Waals surface area contributed by atoms with Crippen molar-refractivity contribution in [3.05, 3.63) is 21.9 Å². The summed E-state index contributed by atoms with van der Waals surface area (Å²) in [5, 5.41) is 0. The molecule has 0 unspecified atom stereocenters. The lowest BCUT2D eigenvalue weighted by Gasteiger charge is -2.06. The average Bonchev–Trinajstić information content (AvgIpc) is 2.87. The molecule has 1 rings (SSSR count). The van der Waals surface area contributed by atoms with Crippen LogP contribution in [0, 0.1) is 6.92 Å². The smallest absolute Gasteiger partial charge is 0.198 e. The van der Waals surface area contributed by atoms with E-state index in [-0.39, 0.29) is 12.4 Å². The molecule has 1 aromatic heterocycles. The quantitative estimate of drug-likeness (QED) is 0.436. The maximum Gasteiger partial charge on any atom is 0.198 e. The van der Waals surface area contributed by atoms with Gasteiger partial charge in [0, 0.05) is 12.0 Å². The molecule has 0 aliphatic heterocycles. The van der Waals surface area contributed by atoms with Gasteiger partial charge in [0.1, 0.15) is 6.61 Å². The summed E-state index contributed by atoms with van der Waals surface area (Å²) in [5.74, 6) is 0.0194. The van der Waals surface area contributed by atoms with Crippen molar-refractivity contribution in [2.75, 3.05) is 53.4 Å². The average molecular weight is 302 g/mol. The van der Waals surface area contributed by atoms with Crippen molar-refractivity contribution in [2.24, 2.45) is 0 Å². The zero-order chi connectivity index (χ0) is 14.6.